The molecule has 1 fully saturated rings. The molecule has 0 saturated carbocycles. The second kappa shape index (κ2) is 8.31. The number of aryl methyl sites for hydroxylation is 2. The van der Waals surface area contributed by atoms with Gasteiger partial charge in [-0.2, -0.15) is 0 Å². The largest absolute Gasteiger partial charge is 0.397 e. The van der Waals surface area contributed by atoms with Gasteiger partial charge in [0.1, 0.15) is 15.5 Å². The zero-order chi connectivity index (χ0) is 22.4. The van der Waals surface area contributed by atoms with Gasteiger partial charge in [0.05, 0.1) is 17.8 Å². The molecule has 0 unspecified atom stereocenters. The van der Waals surface area contributed by atoms with Crippen molar-refractivity contribution in [2.45, 2.75) is 44.4 Å². The molecule has 0 aromatic carbocycles. The molecule has 5 rings (SSSR count). The molecule has 1 aliphatic heterocycles. The van der Waals surface area contributed by atoms with Gasteiger partial charge >= 0.3 is 0 Å². The van der Waals surface area contributed by atoms with Crippen LogP contribution in [0.5, 0.6) is 0 Å². The van der Waals surface area contributed by atoms with E-state index in [1.807, 2.05) is 25.1 Å². The Morgan fingerprint density at radius 3 is 2.88 bits per heavy atom. The first-order valence-electron chi connectivity index (χ1n) is 10.9. The van der Waals surface area contributed by atoms with E-state index in [4.69, 9.17) is 21.2 Å². The lowest BCUT2D eigenvalue weighted by molar-refractivity contribution is 0.0938. The number of ether oxygens (including phenoxy) is 1. The average Bonchev–Trinajstić information content (AvgIpc) is 3.32. The van der Waals surface area contributed by atoms with Crippen LogP contribution >= 0.6 is 11.3 Å². The SMILES string of the molecule is CO[C@H]1CN(c2ccc3c(n2)CC[C@H](NC(=O)c2sc4nc(C)ccc4c2N)C3)C[C@H]1N. The van der Waals surface area contributed by atoms with Crippen molar-refractivity contribution in [3.63, 3.8) is 0 Å². The van der Waals surface area contributed by atoms with Crippen molar-refractivity contribution in [2.24, 2.45) is 5.73 Å². The second-order valence-electron chi connectivity index (χ2n) is 8.68. The van der Waals surface area contributed by atoms with Gasteiger partial charge in [-0.1, -0.05) is 6.07 Å². The van der Waals surface area contributed by atoms with Gasteiger partial charge < -0.3 is 26.4 Å². The van der Waals surface area contributed by atoms with E-state index < -0.39 is 0 Å². The highest BCUT2D eigenvalue weighted by molar-refractivity contribution is 7.21. The molecule has 8 nitrogen and oxygen atoms in total. The van der Waals surface area contributed by atoms with Gasteiger partial charge in [-0.3, -0.25) is 4.79 Å². The summed E-state index contributed by atoms with van der Waals surface area (Å²) in [6, 6.07) is 8.08. The van der Waals surface area contributed by atoms with Crippen LogP contribution in [0.1, 0.15) is 33.0 Å². The van der Waals surface area contributed by atoms with Crippen LogP contribution in [0.15, 0.2) is 24.3 Å². The summed E-state index contributed by atoms with van der Waals surface area (Å²) in [5.41, 5.74) is 16.1. The number of hydrogen-bond acceptors (Lipinski definition) is 8. The fraction of sp³-hybridized carbons (Fsp3) is 0.435. The Bertz CT molecular complexity index is 1180. The van der Waals surface area contributed by atoms with Crippen molar-refractivity contribution in [1.82, 2.24) is 15.3 Å². The normalized spacial score (nSPS) is 22.8. The molecule has 9 heteroatoms. The molecule has 4 heterocycles. The summed E-state index contributed by atoms with van der Waals surface area (Å²) < 4.78 is 5.46. The second-order valence-corrected chi connectivity index (χ2v) is 9.68. The van der Waals surface area contributed by atoms with Gasteiger partial charge in [0.15, 0.2) is 0 Å². The van der Waals surface area contributed by atoms with Crippen molar-refractivity contribution >= 4 is 39.0 Å². The van der Waals surface area contributed by atoms with Crippen LogP contribution in [0.3, 0.4) is 0 Å². The highest BCUT2D eigenvalue weighted by Crippen LogP contribution is 2.33. The van der Waals surface area contributed by atoms with Crippen LogP contribution < -0.4 is 21.7 Å². The highest BCUT2D eigenvalue weighted by Gasteiger charge is 2.31. The molecular weight excluding hydrogens is 424 g/mol. The van der Waals surface area contributed by atoms with E-state index in [9.17, 15) is 4.79 Å². The van der Waals surface area contributed by atoms with Crippen molar-refractivity contribution in [1.29, 1.82) is 0 Å². The molecule has 32 heavy (non-hydrogen) atoms. The van der Waals surface area contributed by atoms with Gasteiger partial charge in [0.25, 0.3) is 5.91 Å². The molecule has 3 aromatic rings. The number of pyridine rings is 2. The van der Waals surface area contributed by atoms with Gasteiger partial charge in [0.2, 0.25) is 0 Å². The number of nitrogen functional groups attached to an aromatic ring is 1. The molecular formula is C23H28N6O2S. The van der Waals surface area contributed by atoms with Gasteiger partial charge in [-0.05, 0) is 49.9 Å². The maximum atomic E-state index is 13.0. The highest BCUT2D eigenvalue weighted by atomic mass is 32.1. The van der Waals surface area contributed by atoms with Crippen molar-refractivity contribution < 1.29 is 9.53 Å². The minimum Gasteiger partial charge on any atom is -0.397 e. The zero-order valence-electron chi connectivity index (χ0n) is 18.3. The zero-order valence-corrected chi connectivity index (χ0v) is 19.1. The molecule has 168 valence electrons. The minimum absolute atomic E-state index is 0.00197. The number of aromatic nitrogens is 2. The number of anilines is 2. The Balaban J connectivity index is 1.28. The van der Waals surface area contributed by atoms with E-state index in [1.165, 1.54) is 16.9 Å². The number of fused-ring (bicyclic) bond motifs is 2. The molecule has 1 aliphatic carbocycles. The van der Waals surface area contributed by atoms with Crippen molar-refractivity contribution in [2.75, 3.05) is 30.8 Å². The van der Waals surface area contributed by atoms with Crippen molar-refractivity contribution in [3.8, 4) is 0 Å². The topological polar surface area (TPSA) is 119 Å². The predicted octanol–water partition coefficient (Wildman–Crippen LogP) is 2.03. The number of carbonyl (C=O) groups excluding carboxylic acids is 1. The quantitative estimate of drug-likeness (QED) is 0.554. The molecule has 1 amide bonds. The van der Waals surface area contributed by atoms with Gasteiger partial charge in [0, 0.05) is 43.0 Å². The van der Waals surface area contributed by atoms with E-state index in [0.29, 0.717) is 10.6 Å². The summed E-state index contributed by atoms with van der Waals surface area (Å²) in [5, 5.41) is 4.02. The molecule has 0 radical (unpaired) electrons. The lowest BCUT2D eigenvalue weighted by Gasteiger charge is -2.26. The third-order valence-electron chi connectivity index (χ3n) is 6.46. The lowest BCUT2D eigenvalue weighted by Crippen LogP contribution is -2.39. The number of hydrogen-bond donors (Lipinski definition) is 3. The third-order valence-corrected chi connectivity index (χ3v) is 7.57. The first-order valence-corrected chi connectivity index (χ1v) is 11.7. The number of amides is 1. The maximum Gasteiger partial charge on any atom is 0.263 e. The van der Waals surface area contributed by atoms with Gasteiger partial charge in [-0.15, -0.1) is 11.3 Å². The summed E-state index contributed by atoms with van der Waals surface area (Å²) in [6.45, 7) is 3.43. The number of methoxy groups -OCH3 is 1. The third kappa shape index (κ3) is 3.80. The van der Waals surface area contributed by atoms with Crippen LogP contribution in [0.2, 0.25) is 0 Å². The number of nitrogens with two attached hydrogens (primary N) is 2. The summed E-state index contributed by atoms with van der Waals surface area (Å²) in [4.78, 5) is 25.9. The molecule has 2 aliphatic rings. The monoisotopic (exact) mass is 452 g/mol. The number of rotatable bonds is 4. The molecule has 3 aromatic heterocycles. The Morgan fingerprint density at radius 2 is 2.09 bits per heavy atom. The maximum absolute atomic E-state index is 13.0. The summed E-state index contributed by atoms with van der Waals surface area (Å²) in [6.07, 6.45) is 2.46. The summed E-state index contributed by atoms with van der Waals surface area (Å²) in [7, 11) is 1.70. The first-order chi connectivity index (χ1) is 15.4. The van der Waals surface area contributed by atoms with Gasteiger partial charge in [-0.25, -0.2) is 9.97 Å². The van der Waals surface area contributed by atoms with E-state index in [-0.39, 0.29) is 24.1 Å². The molecule has 5 N–H and O–H groups in total. The van der Waals surface area contributed by atoms with E-state index in [1.54, 1.807) is 7.11 Å². The Kier molecular flexibility index (Phi) is 5.48. The standard InChI is InChI=1S/C23H28N6O2S/c1-12-3-6-15-20(25)21(32-23(15)26-12)22(30)27-14-5-7-17-13(9-14)4-8-19(28-17)29-10-16(24)18(11-29)31-2/h3-4,6,8,14,16,18H,5,7,9-11,24-25H2,1-2H3,(H,27,30)/t14-,16+,18-/m0/s1. The first kappa shape index (κ1) is 21.1. The molecule has 3 atom stereocenters. The number of thiophene rings is 1. The predicted molar refractivity (Wildman–Crippen MR) is 127 cm³/mol. The fourth-order valence-corrected chi connectivity index (χ4v) is 5.69. The Labute approximate surface area is 191 Å². The number of nitrogens with one attached hydrogen (secondary N) is 1. The molecule has 1 saturated heterocycles. The van der Waals surface area contributed by atoms with Crippen LogP contribution in [0, 0.1) is 6.92 Å². The van der Waals surface area contributed by atoms with E-state index >= 15 is 0 Å². The summed E-state index contributed by atoms with van der Waals surface area (Å²) >= 11 is 1.35. The van der Waals surface area contributed by atoms with E-state index in [2.05, 4.69) is 21.3 Å². The minimum atomic E-state index is -0.127. The Morgan fingerprint density at radius 1 is 1.25 bits per heavy atom. The average molecular weight is 453 g/mol. The summed E-state index contributed by atoms with van der Waals surface area (Å²) in [5.74, 6) is 0.819. The molecule has 0 bridgehead atoms. The number of nitrogens with zero attached hydrogens (tertiary/aromatic N) is 3. The van der Waals surface area contributed by atoms with Crippen LogP contribution in [-0.4, -0.2) is 54.3 Å². The fourth-order valence-electron chi connectivity index (χ4n) is 4.64. The van der Waals surface area contributed by atoms with E-state index in [0.717, 1.165) is 59.8 Å². The van der Waals surface area contributed by atoms with Crippen LogP contribution in [-0.2, 0) is 17.6 Å². The van der Waals surface area contributed by atoms with Crippen LogP contribution in [0.4, 0.5) is 11.5 Å². The smallest absolute Gasteiger partial charge is 0.263 e. The van der Waals surface area contributed by atoms with Crippen molar-refractivity contribution in [3.05, 3.63) is 46.1 Å². The number of carbonyl (C=O) groups is 1. The lowest BCUT2D eigenvalue weighted by atomic mass is 9.91. The Hall–Kier alpha value is -2.75. The van der Waals surface area contributed by atoms with Crippen LogP contribution in [0.25, 0.3) is 10.2 Å². The molecule has 0 spiro atoms.